The zero-order chi connectivity index (χ0) is 20.6. The maximum atomic E-state index is 12.4. The van der Waals surface area contributed by atoms with Crippen LogP contribution in [0.2, 0.25) is 0 Å². The second-order valence-corrected chi connectivity index (χ2v) is 9.05. The van der Waals surface area contributed by atoms with Crippen molar-refractivity contribution in [3.63, 3.8) is 0 Å². The summed E-state index contributed by atoms with van der Waals surface area (Å²) in [6.07, 6.45) is 4.72. The zero-order valence-corrected chi connectivity index (χ0v) is 17.6. The molecule has 0 atom stereocenters. The van der Waals surface area contributed by atoms with Crippen molar-refractivity contribution in [3.8, 4) is 0 Å². The minimum absolute atomic E-state index is 0.0154. The van der Waals surface area contributed by atoms with E-state index in [0.29, 0.717) is 5.56 Å². The average molecular weight is 410 g/mol. The van der Waals surface area contributed by atoms with Gasteiger partial charge in [0.25, 0.3) is 0 Å². The van der Waals surface area contributed by atoms with Crippen molar-refractivity contribution in [2.75, 3.05) is 26.2 Å². The van der Waals surface area contributed by atoms with Crippen LogP contribution in [0.3, 0.4) is 0 Å². The van der Waals surface area contributed by atoms with Gasteiger partial charge in [0.1, 0.15) is 0 Å². The molecule has 1 aromatic carbocycles. The summed E-state index contributed by atoms with van der Waals surface area (Å²) in [6, 6.07) is 5.12. The molecular weight excluding hydrogens is 378 g/mol. The van der Waals surface area contributed by atoms with Crippen LogP contribution < -0.4 is 10.0 Å². The highest BCUT2D eigenvalue weighted by Crippen LogP contribution is 2.16. The van der Waals surface area contributed by atoms with Gasteiger partial charge in [-0.2, -0.15) is 0 Å². The first-order chi connectivity index (χ1) is 13.3. The van der Waals surface area contributed by atoms with E-state index in [1.807, 2.05) is 17.9 Å². The van der Waals surface area contributed by atoms with Crippen LogP contribution >= 0.6 is 0 Å². The molecule has 156 valence electrons. The van der Waals surface area contributed by atoms with Crippen molar-refractivity contribution in [1.82, 2.24) is 14.9 Å². The lowest BCUT2D eigenvalue weighted by Crippen LogP contribution is -2.36. The number of rotatable bonds is 8. The molecule has 1 saturated heterocycles. The number of aryl methyl sites for hydroxylation is 2. The van der Waals surface area contributed by atoms with Crippen molar-refractivity contribution in [3.05, 3.63) is 29.3 Å². The van der Waals surface area contributed by atoms with Crippen LogP contribution in [-0.4, -0.2) is 51.3 Å². The van der Waals surface area contributed by atoms with Gasteiger partial charge in [0.15, 0.2) is 0 Å². The van der Waals surface area contributed by atoms with E-state index in [9.17, 15) is 18.0 Å². The van der Waals surface area contributed by atoms with Crippen LogP contribution in [0.5, 0.6) is 0 Å². The van der Waals surface area contributed by atoms with Gasteiger partial charge in [-0.15, -0.1) is 0 Å². The van der Waals surface area contributed by atoms with Crippen LogP contribution in [0, 0.1) is 13.8 Å². The Bertz CT molecular complexity index is 785. The molecule has 1 aliphatic rings. The molecule has 8 heteroatoms. The molecule has 2 rings (SSSR count). The van der Waals surface area contributed by atoms with E-state index in [4.69, 9.17) is 0 Å². The third kappa shape index (κ3) is 6.91. The first-order valence-electron chi connectivity index (χ1n) is 9.91. The van der Waals surface area contributed by atoms with E-state index in [2.05, 4.69) is 10.0 Å². The Morgan fingerprint density at radius 1 is 1.00 bits per heavy atom. The fourth-order valence-corrected chi connectivity index (χ4v) is 4.61. The zero-order valence-electron chi connectivity index (χ0n) is 16.8. The number of carbonyl (C=O) groups excluding carboxylic acids is 2. The van der Waals surface area contributed by atoms with Crippen LogP contribution in [0.15, 0.2) is 23.1 Å². The molecular formula is C20H31N3O4S. The van der Waals surface area contributed by atoms with Gasteiger partial charge in [-0.3, -0.25) is 9.59 Å². The lowest BCUT2D eigenvalue weighted by atomic mass is 10.2. The number of hydrogen-bond donors (Lipinski definition) is 2. The lowest BCUT2D eigenvalue weighted by Gasteiger charge is -2.20. The van der Waals surface area contributed by atoms with Crippen molar-refractivity contribution in [2.24, 2.45) is 0 Å². The SMILES string of the molecule is Cc1ccc(S(=O)(=O)NCCC(=O)NCCC(=O)N2CCCCCC2)c(C)c1. The van der Waals surface area contributed by atoms with E-state index in [-0.39, 0.29) is 42.6 Å². The Labute approximate surface area is 167 Å². The molecule has 0 aliphatic carbocycles. The number of sulfonamides is 1. The number of amides is 2. The summed E-state index contributed by atoms with van der Waals surface area (Å²) in [5.74, 6) is -0.204. The Morgan fingerprint density at radius 2 is 1.68 bits per heavy atom. The van der Waals surface area contributed by atoms with Crippen molar-refractivity contribution in [2.45, 2.75) is 57.3 Å². The Balaban J connectivity index is 1.70. The topological polar surface area (TPSA) is 95.6 Å². The van der Waals surface area contributed by atoms with Gasteiger partial charge in [-0.1, -0.05) is 30.5 Å². The van der Waals surface area contributed by atoms with Gasteiger partial charge in [0.05, 0.1) is 4.90 Å². The van der Waals surface area contributed by atoms with Gasteiger partial charge in [-0.05, 0) is 38.3 Å². The predicted molar refractivity (Wildman–Crippen MR) is 108 cm³/mol. The van der Waals surface area contributed by atoms with E-state index in [0.717, 1.165) is 31.5 Å². The highest BCUT2D eigenvalue weighted by atomic mass is 32.2. The quantitative estimate of drug-likeness (QED) is 0.685. The second-order valence-electron chi connectivity index (χ2n) is 7.31. The van der Waals surface area contributed by atoms with Crippen LogP contribution in [0.1, 0.15) is 49.7 Å². The summed E-state index contributed by atoms with van der Waals surface area (Å²) >= 11 is 0. The number of likely N-dealkylation sites (tertiary alicyclic amines) is 1. The molecule has 28 heavy (non-hydrogen) atoms. The summed E-state index contributed by atoms with van der Waals surface area (Å²) in [5.41, 5.74) is 1.66. The maximum Gasteiger partial charge on any atom is 0.240 e. The molecule has 0 aromatic heterocycles. The molecule has 0 spiro atoms. The van der Waals surface area contributed by atoms with Gasteiger partial charge >= 0.3 is 0 Å². The van der Waals surface area contributed by atoms with Gasteiger partial charge < -0.3 is 10.2 Å². The highest BCUT2D eigenvalue weighted by molar-refractivity contribution is 7.89. The first kappa shape index (κ1) is 22.4. The summed E-state index contributed by atoms with van der Waals surface area (Å²) < 4.78 is 27.2. The Kier molecular flexibility index (Phi) is 8.44. The third-order valence-corrected chi connectivity index (χ3v) is 6.51. The Morgan fingerprint density at radius 3 is 2.32 bits per heavy atom. The third-order valence-electron chi connectivity index (χ3n) is 4.88. The van der Waals surface area contributed by atoms with Crippen molar-refractivity contribution in [1.29, 1.82) is 0 Å². The summed E-state index contributed by atoms with van der Waals surface area (Å²) in [5, 5.41) is 2.69. The summed E-state index contributed by atoms with van der Waals surface area (Å²) in [6.45, 7) is 5.54. The van der Waals surface area contributed by atoms with Crippen LogP contribution in [0.4, 0.5) is 0 Å². The van der Waals surface area contributed by atoms with E-state index in [1.54, 1.807) is 19.1 Å². The number of carbonyl (C=O) groups is 2. The molecule has 1 fully saturated rings. The molecule has 1 aliphatic heterocycles. The Hall–Kier alpha value is -1.93. The fraction of sp³-hybridized carbons (Fsp3) is 0.600. The maximum absolute atomic E-state index is 12.4. The molecule has 2 N–H and O–H groups in total. The number of nitrogens with one attached hydrogen (secondary N) is 2. The molecule has 0 bridgehead atoms. The van der Waals surface area contributed by atoms with E-state index >= 15 is 0 Å². The van der Waals surface area contributed by atoms with Crippen LogP contribution in [0.25, 0.3) is 0 Å². The minimum atomic E-state index is -3.65. The molecule has 1 heterocycles. The monoisotopic (exact) mass is 409 g/mol. The standard InChI is InChI=1S/C20H31N3O4S/c1-16-7-8-18(17(2)15-16)28(26,27)22-12-9-19(24)21-11-10-20(25)23-13-5-3-4-6-14-23/h7-8,15,22H,3-6,9-14H2,1-2H3,(H,21,24). The van der Waals surface area contributed by atoms with Crippen molar-refractivity contribution < 1.29 is 18.0 Å². The molecule has 7 nitrogen and oxygen atoms in total. The average Bonchev–Trinajstić information content (AvgIpc) is 2.90. The number of hydrogen-bond acceptors (Lipinski definition) is 4. The molecule has 0 radical (unpaired) electrons. The second kappa shape index (κ2) is 10.6. The lowest BCUT2D eigenvalue weighted by molar-refractivity contribution is -0.131. The largest absolute Gasteiger partial charge is 0.356 e. The van der Waals surface area contributed by atoms with Gasteiger partial charge in [-0.25, -0.2) is 13.1 Å². The normalized spacial score (nSPS) is 15.1. The van der Waals surface area contributed by atoms with Gasteiger partial charge in [0.2, 0.25) is 21.8 Å². The molecule has 2 amide bonds. The van der Waals surface area contributed by atoms with Crippen LogP contribution in [-0.2, 0) is 19.6 Å². The predicted octanol–water partition coefficient (Wildman–Crippen LogP) is 1.88. The first-order valence-corrected chi connectivity index (χ1v) is 11.4. The minimum Gasteiger partial charge on any atom is -0.356 e. The summed E-state index contributed by atoms with van der Waals surface area (Å²) in [7, 11) is -3.65. The number of benzene rings is 1. The highest BCUT2D eigenvalue weighted by Gasteiger charge is 2.17. The van der Waals surface area contributed by atoms with E-state index < -0.39 is 10.0 Å². The summed E-state index contributed by atoms with van der Waals surface area (Å²) in [4.78, 5) is 26.2. The van der Waals surface area contributed by atoms with Gasteiger partial charge in [0, 0.05) is 39.0 Å². The molecule has 0 unspecified atom stereocenters. The smallest absolute Gasteiger partial charge is 0.240 e. The molecule has 0 saturated carbocycles. The van der Waals surface area contributed by atoms with E-state index in [1.165, 1.54) is 12.8 Å². The number of nitrogens with zero attached hydrogens (tertiary/aromatic N) is 1. The van der Waals surface area contributed by atoms with Crippen molar-refractivity contribution >= 4 is 21.8 Å². The molecule has 1 aromatic rings. The fourth-order valence-electron chi connectivity index (χ4n) is 3.35.